The highest BCUT2D eigenvalue weighted by atomic mass is 35.5. The maximum atomic E-state index is 6.42. The summed E-state index contributed by atoms with van der Waals surface area (Å²) in [4.78, 5) is 0. The zero-order chi connectivity index (χ0) is 12.7. The van der Waals surface area contributed by atoms with Crippen LogP contribution in [0, 0.1) is 0 Å². The van der Waals surface area contributed by atoms with Gasteiger partial charge in [0.15, 0.2) is 0 Å². The van der Waals surface area contributed by atoms with Crippen molar-refractivity contribution >= 4 is 11.6 Å². The first-order valence-electron chi connectivity index (χ1n) is 6.19. The second-order valence-corrected chi connectivity index (χ2v) is 5.28. The van der Waals surface area contributed by atoms with Gasteiger partial charge in [-0.1, -0.05) is 35.9 Å². The SMILES string of the molecule is Cn1ncc(Cl)c1C(N)C1CCc2ccccc21. The zero-order valence-corrected chi connectivity index (χ0v) is 11.1. The topological polar surface area (TPSA) is 43.8 Å². The van der Waals surface area contributed by atoms with Crippen molar-refractivity contribution in [1.29, 1.82) is 0 Å². The molecule has 0 fully saturated rings. The van der Waals surface area contributed by atoms with E-state index in [0.29, 0.717) is 10.9 Å². The Morgan fingerprint density at radius 2 is 2.22 bits per heavy atom. The lowest BCUT2D eigenvalue weighted by molar-refractivity contribution is 0.512. The lowest BCUT2D eigenvalue weighted by Gasteiger charge is -2.21. The minimum absolute atomic E-state index is 0.0892. The fourth-order valence-electron chi connectivity index (χ4n) is 2.95. The van der Waals surface area contributed by atoms with Gasteiger partial charge in [0.25, 0.3) is 0 Å². The Hall–Kier alpha value is -1.32. The van der Waals surface area contributed by atoms with Crippen molar-refractivity contribution in [2.75, 3.05) is 0 Å². The highest BCUT2D eigenvalue weighted by Gasteiger charge is 2.30. The molecular weight excluding hydrogens is 246 g/mol. The second-order valence-electron chi connectivity index (χ2n) is 4.87. The third kappa shape index (κ3) is 1.74. The predicted molar refractivity (Wildman–Crippen MR) is 72.7 cm³/mol. The van der Waals surface area contributed by atoms with Crippen LogP contribution in [-0.4, -0.2) is 9.78 Å². The van der Waals surface area contributed by atoms with Crippen molar-refractivity contribution in [1.82, 2.24) is 9.78 Å². The van der Waals surface area contributed by atoms with E-state index in [4.69, 9.17) is 17.3 Å². The number of fused-ring (bicyclic) bond motifs is 1. The minimum atomic E-state index is -0.0892. The van der Waals surface area contributed by atoms with Crippen molar-refractivity contribution in [3.8, 4) is 0 Å². The van der Waals surface area contributed by atoms with Crippen molar-refractivity contribution < 1.29 is 0 Å². The first kappa shape index (κ1) is 11.8. The van der Waals surface area contributed by atoms with Gasteiger partial charge >= 0.3 is 0 Å². The molecule has 3 rings (SSSR count). The van der Waals surface area contributed by atoms with E-state index in [1.807, 2.05) is 7.05 Å². The summed E-state index contributed by atoms with van der Waals surface area (Å²) in [6, 6.07) is 8.44. The highest BCUT2D eigenvalue weighted by Crippen LogP contribution is 2.41. The number of rotatable bonds is 2. The molecule has 1 aliphatic carbocycles. The van der Waals surface area contributed by atoms with E-state index in [-0.39, 0.29) is 6.04 Å². The molecule has 1 aromatic heterocycles. The Bertz CT molecular complexity index is 557. The van der Waals surface area contributed by atoms with Crippen molar-refractivity contribution in [2.24, 2.45) is 12.8 Å². The van der Waals surface area contributed by atoms with Gasteiger partial charge in [-0.05, 0) is 24.0 Å². The van der Waals surface area contributed by atoms with Crippen LogP contribution in [0.25, 0.3) is 0 Å². The van der Waals surface area contributed by atoms with Crippen LogP contribution in [0.3, 0.4) is 0 Å². The number of aromatic nitrogens is 2. The third-order valence-electron chi connectivity index (χ3n) is 3.87. The molecule has 0 spiro atoms. The Morgan fingerprint density at radius 1 is 1.44 bits per heavy atom. The summed E-state index contributed by atoms with van der Waals surface area (Å²) in [5.41, 5.74) is 10.1. The molecule has 1 heterocycles. The van der Waals surface area contributed by atoms with E-state index < -0.39 is 0 Å². The summed E-state index contributed by atoms with van der Waals surface area (Å²) in [7, 11) is 1.89. The fourth-order valence-corrected chi connectivity index (χ4v) is 3.24. The summed E-state index contributed by atoms with van der Waals surface area (Å²) in [6.07, 6.45) is 3.85. The molecule has 0 saturated carbocycles. The smallest absolute Gasteiger partial charge is 0.0834 e. The van der Waals surface area contributed by atoms with E-state index >= 15 is 0 Å². The standard InChI is InChI=1S/C14H16ClN3/c1-18-14(12(15)8-17-18)13(16)11-7-6-9-4-2-3-5-10(9)11/h2-5,8,11,13H,6-7,16H2,1H3. The third-order valence-corrected chi connectivity index (χ3v) is 4.16. The van der Waals surface area contributed by atoms with Crippen LogP contribution >= 0.6 is 11.6 Å². The van der Waals surface area contributed by atoms with Crippen LogP contribution < -0.4 is 5.73 Å². The monoisotopic (exact) mass is 261 g/mol. The van der Waals surface area contributed by atoms with Crippen molar-refractivity contribution in [3.05, 3.63) is 52.3 Å². The fraction of sp³-hybridized carbons (Fsp3) is 0.357. The number of aryl methyl sites for hydroxylation is 2. The van der Waals surface area contributed by atoms with E-state index in [9.17, 15) is 0 Å². The molecule has 2 N–H and O–H groups in total. The van der Waals surface area contributed by atoms with Gasteiger partial charge in [0.1, 0.15) is 0 Å². The maximum absolute atomic E-state index is 6.42. The van der Waals surface area contributed by atoms with Gasteiger partial charge in [0.05, 0.1) is 23.0 Å². The first-order valence-corrected chi connectivity index (χ1v) is 6.57. The molecule has 1 aliphatic rings. The van der Waals surface area contributed by atoms with Gasteiger partial charge in [-0.3, -0.25) is 4.68 Å². The summed E-state index contributed by atoms with van der Waals surface area (Å²) in [5.74, 6) is 0.342. The maximum Gasteiger partial charge on any atom is 0.0834 e. The van der Waals surface area contributed by atoms with Crippen LogP contribution in [0.15, 0.2) is 30.5 Å². The van der Waals surface area contributed by atoms with Crippen LogP contribution in [0.4, 0.5) is 0 Å². The summed E-state index contributed by atoms with van der Waals surface area (Å²) < 4.78 is 1.79. The molecule has 94 valence electrons. The van der Waals surface area contributed by atoms with Crippen LogP contribution in [0.1, 0.15) is 35.2 Å². The second kappa shape index (κ2) is 4.41. The van der Waals surface area contributed by atoms with Crippen molar-refractivity contribution in [3.63, 3.8) is 0 Å². The molecule has 18 heavy (non-hydrogen) atoms. The van der Waals surface area contributed by atoms with Gasteiger partial charge in [-0.25, -0.2) is 0 Å². The van der Waals surface area contributed by atoms with E-state index in [1.54, 1.807) is 10.9 Å². The van der Waals surface area contributed by atoms with Crippen LogP contribution in [0.2, 0.25) is 5.02 Å². The van der Waals surface area contributed by atoms with E-state index in [1.165, 1.54) is 11.1 Å². The van der Waals surface area contributed by atoms with E-state index in [2.05, 4.69) is 29.4 Å². The minimum Gasteiger partial charge on any atom is -0.322 e. The zero-order valence-electron chi connectivity index (χ0n) is 10.3. The summed E-state index contributed by atoms with van der Waals surface area (Å²) >= 11 is 6.18. The molecule has 1 aromatic carbocycles. The number of nitrogens with zero attached hydrogens (tertiary/aromatic N) is 2. The molecule has 2 unspecified atom stereocenters. The van der Waals surface area contributed by atoms with Gasteiger partial charge in [0.2, 0.25) is 0 Å². The Kier molecular flexibility index (Phi) is 2.88. The average Bonchev–Trinajstić information content (AvgIpc) is 2.93. The van der Waals surface area contributed by atoms with Crippen LogP contribution in [-0.2, 0) is 13.5 Å². The van der Waals surface area contributed by atoms with Crippen LogP contribution in [0.5, 0.6) is 0 Å². The Morgan fingerprint density at radius 3 is 2.94 bits per heavy atom. The first-order chi connectivity index (χ1) is 8.68. The lowest BCUT2D eigenvalue weighted by Crippen LogP contribution is -2.21. The quantitative estimate of drug-likeness (QED) is 0.903. The molecule has 0 saturated heterocycles. The normalized spacial score (nSPS) is 19.8. The summed E-state index contributed by atoms with van der Waals surface area (Å²) in [5, 5.41) is 4.83. The molecule has 2 atom stereocenters. The molecule has 0 aliphatic heterocycles. The molecule has 4 heteroatoms. The molecule has 0 amide bonds. The Labute approximate surface area is 112 Å². The lowest BCUT2D eigenvalue weighted by atomic mass is 9.91. The highest BCUT2D eigenvalue weighted by molar-refractivity contribution is 6.31. The number of hydrogen-bond donors (Lipinski definition) is 1. The van der Waals surface area contributed by atoms with E-state index in [0.717, 1.165) is 18.5 Å². The van der Waals surface area contributed by atoms with Crippen molar-refractivity contribution in [2.45, 2.75) is 24.8 Å². The number of hydrogen-bond acceptors (Lipinski definition) is 2. The predicted octanol–water partition coefficient (Wildman–Crippen LogP) is 2.80. The average molecular weight is 262 g/mol. The van der Waals surface area contributed by atoms with Gasteiger partial charge in [-0.2, -0.15) is 5.10 Å². The summed E-state index contributed by atoms with van der Waals surface area (Å²) in [6.45, 7) is 0. The molecule has 0 radical (unpaired) electrons. The molecule has 0 bridgehead atoms. The number of benzene rings is 1. The van der Waals surface area contributed by atoms with Gasteiger partial charge in [0, 0.05) is 13.0 Å². The number of halogens is 1. The van der Waals surface area contributed by atoms with Gasteiger partial charge < -0.3 is 5.73 Å². The molecule has 2 aromatic rings. The largest absolute Gasteiger partial charge is 0.322 e. The molecular formula is C14H16ClN3. The molecule has 3 nitrogen and oxygen atoms in total. The van der Waals surface area contributed by atoms with Gasteiger partial charge in [-0.15, -0.1) is 0 Å². The number of nitrogens with two attached hydrogens (primary N) is 1. The Balaban J connectivity index is 1.98.